The summed E-state index contributed by atoms with van der Waals surface area (Å²) in [5, 5.41) is 3.77. The number of rotatable bonds is 7. The molecule has 0 spiro atoms. The predicted molar refractivity (Wildman–Crippen MR) is 91.8 cm³/mol. The summed E-state index contributed by atoms with van der Waals surface area (Å²) in [5.41, 5.74) is 1.46. The van der Waals surface area contributed by atoms with Crippen molar-refractivity contribution in [2.45, 2.75) is 52.0 Å². The molecule has 0 bridgehead atoms. The topological polar surface area (TPSA) is 15.3 Å². The Labute approximate surface area is 130 Å². The molecular weight excluding hydrogens is 256 g/mol. The Hall–Kier alpha value is -0.860. The van der Waals surface area contributed by atoms with Gasteiger partial charge in [-0.15, -0.1) is 0 Å². The van der Waals surface area contributed by atoms with E-state index in [1.54, 1.807) is 0 Å². The first kappa shape index (κ1) is 16.5. The lowest BCUT2D eigenvalue weighted by Crippen LogP contribution is -2.43. The highest BCUT2D eigenvalue weighted by atomic mass is 15.1. The second-order valence-electron chi connectivity index (χ2n) is 6.93. The summed E-state index contributed by atoms with van der Waals surface area (Å²) < 4.78 is 0. The van der Waals surface area contributed by atoms with E-state index in [-0.39, 0.29) is 0 Å². The predicted octanol–water partition coefficient (Wildman–Crippen LogP) is 3.89. The normalized spacial score (nSPS) is 19.6. The van der Waals surface area contributed by atoms with Gasteiger partial charge in [-0.3, -0.25) is 0 Å². The summed E-state index contributed by atoms with van der Waals surface area (Å²) >= 11 is 0. The third-order valence-corrected chi connectivity index (χ3v) is 4.70. The van der Waals surface area contributed by atoms with Gasteiger partial charge in [-0.25, -0.2) is 0 Å². The Morgan fingerprint density at radius 2 is 1.67 bits per heavy atom. The number of hydrogen-bond donors (Lipinski definition) is 1. The van der Waals surface area contributed by atoms with E-state index in [1.165, 1.54) is 44.5 Å². The molecule has 1 N–H and O–H groups in total. The number of likely N-dealkylation sites (tertiary alicyclic amines) is 1. The van der Waals surface area contributed by atoms with Crippen LogP contribution < -0.4 is 5.32 Å². The van der Waals surface area contributed by atoms with Crippen LogP contribution >= 0.6 is 0 Å². The lowest BCUT2D eigenvalue weighted by atomic mass is 9.88. The molecule has 0 aromatic heterocycles. The van der Waals surface area contributed by atoms with Crippen molar-refractivity contribution in [3.05, 3.63) is 35.9 Å². The van der Waals surface area contributed by atoms with E-state index in [0.717, 1.165) is 6.54 Å². The van der Waals surface area contributed by atoms with Crippen molar-refractivity contribution in [1.82, 2.24) is 10.2 Å². The molecule has 1 fully saturated rings. The van der Waals surface area contributed by atoms with Crippen LogP contribution in [0.4, 0.5) is 0 Å². The molecule has 2 heteroatoms. The minimum absolute atomic E-state index is 0.577. The zero-order chi connectivity index (χ0) is 15.1. The van der Waals surface area contributed by atoms with Gasteiger partial charge in [0.2, 0.25) is 0 Å². The van der Waals surface area contributed by atoms with Gasteiger partial charge < -0.3 is 10.2 Å². The quantitative estimate of drug-likeness (QED) is 0.819. The monoisotopic (exact) mass is 288 g/mol. The summed E-state index contributed by atoms with van der Waals surface area (Å²) in [6.45, 7) is 11.8. The molecule has 0 amide bonds. The number of nitrogens with one attached hydrogen (secondary N) is 1. The standard InChI is InChI=1S/C19H32N2/c1-16(2)19(18-10-6-4-7-11-18)14-20-17(3)15-21-12-8-5-9-13-21/h4,6-7,10-11,16-17,19-20H,5,8-9,12-15H2,1-3H3. The molecule has 1 heterocycles. The van der Waals surface area contributed by atoms with Gasteiger partial charge in [0.25, 0.3) is 0 Å². The molecule has 0 aliphatic carbocycles. The van der Waals surface area contributed by atoms with Crippen LogP contribution in [0.2, 0.25) is 0 Å². The van der Waals surface area contributed by atoms with Crippen molar-refractivity contribution >= 4 is 0 Å². The van der Waals surface area contributed by atoms with Gasteiger partial charge in [0.1, 0.15) is 0 Å². The van der Waals surface area contributed by atoms with Crippen molar-refractivity contribution in [3.8, 4) is 0 Å². The summed E-state index contributed by atoms with van der Waals surface area (Å²) in [5.74, 6) is 1.28. The van der Waals surface area contributed by atoms with Crippen LogP contribution in [0.25, 0.3) is 0 Å². The Balaban J connectivity index is 1.81. The third kappa shape index (κ3) is 5.44. The fourth-order valence-corrected chi connectivity index (χ4v) is 3.36. The maximum Gasteiger partial charge on any atom is 0.0166 e. The zero-order valence-corrected chi connectivity index (χ0v) is 14.0. The van der Waals surface area contributed by atoms with Gasteiger partial charge in [0.15, 0.2) is 0 Å². The second-order valence-corrected chi connectivity index (χ2v) is 6.93. The number of hydrogen-bond acceptors (Lipinski definition) is 2. The first-order valence-corrected chi connectivity index (χ1v) is 8.67. The highest BCUT2D eigenvalue weighted by molar-refractivity contribution is 5.20. The first-order chi connectivity index (χ1) is 10.2. The van der Waals surface area contributed by atoms with Gasteiger partial charge in [-0.05, 0) is 50.3 Å². The Morgan fingerprint density at radius 3 is 2.29 bits per heavy atom. The highest BCUT2D eigenvalue weighted by Gasteiger charge is 2.18. The molecule has 2 atom stereocenters. The van der Waals surface area contributed by atoms with E-state index in [0.29, 0.717) is 17.9 Å². The molecule has 0 radical (unpaired) electrons. The molecule has 1 aromatic rings. The Morgan fingerprint density at radius 1 is 1.00 bits per heavy atom. The van der Waals surface area contributed by atoms with Gasteiger partial charge >= 0.3 is 0 Å². The van der Waals surface area contributed by atoms with Crippen LogP contribution in [-0.2, 0) is 0 Å². The molecule has 2 unspecified atom stereocenters. The molecule has 1 saturated heterocycles. The summed E-state index contributed by atoms with van der Waals surface area (Å²) in [6, 6.07) is 11.5. The van der Waals surface area contributed by atoms with E-state index in [4.69, 9.17) is 0 Å². The van der Waals surface area contributed by atoms with E-state index in [9.17, 15) is 0 Å². The molecule has 2 nitrogen and oxygen atoms in total. The molecule has 1 aromatic carbocycles. The van der Waals surface area contributed by atoms with Crippen molar-refractivity contribution in [3.63, 3.8) is 0 Å². The van der Waals surface area contributed by atoms with Crippen molar-refractivity contribution in [2.75, 3.05) is 26.2 Å². The van der Waals surface area contributed by atoms with Crippen LogP contribution in [0.5, 0.6) is 0 Å². The van der Waals surface area contributed by atoms with Gasteiger partial charge in [-0.1, -0.05) is 50.6 Å². The second kappa shape index (κ2) is 8.55. The molecule has 118 valence electrons. The number of benzene rings is 1. The Bertz CT molecular complexity index is 382. The lowest BCUT2D eigenvalue weighted by Gasteiger charge is -2.31. The van der Waals surface area contributed by atoms with E-state index in [1.807, 2.05) is 0 Å². The van der Waals surface area contributed by atoms with Gasteiger partial charge in [0.05, 0.1) is 0 Å². The van der Waals surface area contributed by atoms with Crippen molar-refractivity contribution in [1.29, 1.82) is 0 Å². The maximum absolute atomic E-state index is 3.77. The molecule has 0 saturated carbocycles. The van der Waals surface area contributed by atoms with Crippen LogP contribution in [0.15, 0.2) is 30.3 Å². The maximum atomic E-state index is 3.77. The first-order valence-electron chi connectivity index (χ1n) is 8.67. The fourth-order valence-electron chi connectivity index (χ4n) is 3.36. The van der Waals surface area contributed by atoms with Crippen molar-refractivity contribution < 1.29 is 0 Å². The van der Waals surface area contributed by atoms with E-state index >= 15 is 0 Å². The average molecular weight is 288 g/mol. The molecule has 2 rings (SSSR count). The number of piperidine rings is 1. The summed E-state index contributed by atoms with van der Waals surface area (Å²) in [7, 11) is 0. The number of nitrogens with zero attached hydrogens (tertiary/aromatic N) is 1. The van der Waals surface area contributed by atoms with Crippen LogP contribution in [-0.4, -0.2) is 37.1 Å². The zero-order valence-electron chi connectivity index (χ0n) is 14.0. The minimum Gasteiger partial charge on any atom is -0.312 e. The average Bonchev–Trinajstić information content (AvgIpc) is 2.49. The fraction of sp³-hybridized carbons (Fsp3) is 0.684. The molecule has 1 aliphatic rings. The van der Waals surface area contributed by atoms with Crippen molar-refractivity contribution in [2.24, 2.45) is 5.92 Å². The van der Waals surface area contributed by atoms with Gasteiger partial charge in [-0.2, -0.15) is 0 Å². The largest absolute Gasteiger partial charge is 0.312 e. The molecule has 21 heavy (non-hydrogen) atoms. The summed E-state index contributed by atoms with van der Waals surface area (Å²) in [4.78, 5) is 2.62. The van der Waals surface area contributed by atoms with Gasteiger partial charge in [0, 0.05) is 19.1 Å². The van der Waals surface area contributed by atoms with Crippen LogP contribution in [0.3, 0.4) is 0 Å². The van der Waals surface area contributed by atoms with Crippen LogP contribution in [0, 0.1) is 5.92 Å². The smallest absolute Gasteiger partial charge is 0.0166 e. The van der Waals surface area contributed by atoms with Crippen LogP contribution in [0.1, 0.15) is 51.5 Å². The Kier molecular flexibility index (Phi) is 6.72. The highest BCUT2D eigenvalue weighted by Crippen LogP contribution is 2.23. The minimum atomic E-state index is 0.577. The SMILES string of the molecule is CC(CN1CCCCC1)NCC(c1ccccc1)C(C)C. The molecule has 1 aliphatic heterocycles. The van der Waals surface area contributed by atoms with E-state index in [2.05, 4.69) is 61.3 Å². The van der Waals surface area contributed by atoms with E-state index < -0.39 is 0 Å². The lowest BCUT2D eigenvalue weighted by molar-refractivity contribution is 0.207. The summed E-state index contributed by atoms with van der Waals surface area (Å²) in [6.07, 6.45) is 4.18. The molecular formula is C19H32N2. The third-order valence-electron chi connectivity index (χ3n) is 4.70.